The van der Waals surface area contributed by atoms with Crippen LogP contribution in [0, 0.1) is 5.92 Å². The van der Waals surface area contributed by atoms with E-state index in [4.69, 9.17) is 15.7 Å². The van der Waals surface area contributed by atoms with Crippen LogP contribution < -0.4 is 11.1 Å². The Labute approximate surface area is 195 Å². The van der Waals surface area contributed by atoms with E-state index in [2.05, 4.69) is 34.4 Å². The second-order valence-electron chi connectivity index (χ2n) is 8.70. The molecule has 1 aromatic carbocycles. The maximum absolute atomic E-state index is 6.30. The molecule has 0 amide bonds. The summed E-state index contributed by atoms with van der Waals surface area (Å²) in [6.07, 6.45) is 11.1. The van der Waals surface area contributed by atoms with Crippen LogP contribution in [0.25, 0.3) is 28.1 Å². The molecule has 172 valence electrons. The molecule has 8 nitrogen and oxygen atoms in total. The van der Waals surface area contributed by atoms with E-state index in [1.807, 2.05) is 57.9 Å². The van der Waals surface area contributed by atoms with Crippen LogP contribution in [-0.2, 0) is 7.05 Å². The van der Waals surface area contributed by atoms with Crippen molar-refractivity contribution in [3.63, 3.8) is 0 Å². The zero-order valence-corrected chi connectivity index (χ0v) is 19.6. The molecule has 3 aromatic rings. The van der Waals surface area contributed by atoms with E-state index in [0.29, 0.717) is 11.7 Å². The number of anilines is 1. The monoisotopic (exact) mass is 444 g/mol. The molecule has 0 aliphatic heterocycles. The number of hydrazone groups is 1. The first kappa shape index (κ1) is 22.7. The highest BCUT2D eigenvalue weighted by molar-refractivity contribution is 5.76. The van der Waals surface area contributed by atoms with Crippen LogP contribution in [0.2, 0.25) is 0 Å². The van der Waals surface area contributed by atoms with Crippen molar-refractivity contribution in [2.75, 3.05) is 18.9 Å². The molecule has 2 heterocycles. The lowest BCUT2D eigenvalue weighted by Crippen LogP contribution is -2.30. The fraction of sp³-hybridized carbons (Fsp3) is 0.360. The number of nitrogens with two attached hydrogens (primary N) is 1. The lowest BCUT2D eigenvalue weighted by molar-refractivity contribution is 0.496. The Morgan fingerprint density at radius 1 is 1.33 bits per heavy atom. The summed E-state index contributed by atoms with van der Waals surface area (Å²) < 4.78 is 1.79. The van der Waals surface area contributed by atoms with E-state index < -0.39 is 0 Å². The van der Waals surface area contributed by atoms with Crippen LogP contribution in [-0.4, -0.2) is 51.1 Å². The van der Waals surface area contributed by atoms with Gasteiger partial charge in [-0.2, -0.15) is 10.2 Å². The minimum Gasteiger partial charge on any atom is -0.369 e. The Morgan fingerprint density at radius 3 is 2.88 bits per heavy atom. The van der Waals surface area contributed by atoms with Gasteiger partial charge in [-0.05, 0) is 42.9 Å². The summed E-state index contributed by atoms with van der Waals surface area (Å²) in [6.45, 7) is 6.40. The zero-order valence-electron chi connectivity index (χ0n) is 19.6. The van der Waals surface area contributed by atoms with E-state index in [9.17, 15) is 0 Å². The highest BCUT2D eigenvalue weighted by atomic mass is 15.4. The summed E-state index contributed by atoms with van der Waals surface area (Å²) in [5.74, 6) is 1.93. The summed E-state index contributed by atoms with van der Waals surface area (Å²) in [6, 6.07) is 8.46. The zero-order chi connectivity index (χ0) is 23.4. The Hall–Kier alpha value is -3.52. The first-order valence-corrected chi connectivity index (χ1v) is 11.3. The predicted octanol–water partition coefficient (Wildman–Crippen LogP) is 3.99. The summed E-state index contributed by atoms with van der Waals surface area (Å²) in [5, 5.41) is 13.5. The van der Waals surface area contributed by atoms with Crippen LogP contribution in [0.3, 0.4) is 0 Å². The maximum Gasteiger partial charge on any atom is 0.161 e. The summed E-state index contributed by atoms with van der Waals surface area (Å²) in [7, 11) is 3.76. The number of aromatic nitrogens is 4. The third-order valence-electron chi connectivity index (χ3n) is 6.23. The largest absolute Gasteiger partial charge is 0.369 e. The highest BCUT2D eigenvalue weighted by Crippen LogP contribution is 2.30. The molecule has 0 saturated heterocycles. The van der Waals surface area contributed by atoms with Crippen LogP contribution in [0.5, 0.6) is 0 Å². The molecular formula is C25H32N8. The number of nitrogens with zero attached hydrogens (tertiary/aromatic N) is 6. The van der Waals surface area contributed by atoms with Crippen molar-refractivity contribution in [2.45, 2.75) is 32.2 Å². The van der Waals surface area contributed by atoms with Crippen LogP contribution in [0.1, 0.15) is 31.7 Å². The number of hydrogen-bond donors (Lipinski definition) is 2. The molecular weight excluding hydrogens is 412 g/mol. The molecule has 0 bridgehead atoms. The first-order valence-electron chi connectivity index (χ1n) is 11.3. The van der Waals surface area contributed by atoms with Gasteiger partial charge in [-0.1, -0.05) is 24.6 Å². The average molecular weight is 445 g/mol. The van der Waals surface area contributed by atoms with Gasteiger partial charge >= 0.3 is 0 Å². The number of allylic oxidation sites excluding steroid dienone is 1. The van der Waals surface area contributed by atoms with Gasteiger partial charge in [-0.15, -0.1) is 0 Å². The van der Waals surface area contributed by atoms with Crippen LogP contribution >= 0.6 is 0 Å². The smallest absolute Gasteiger partial charge is 0.161 e. The standard InChI is InChI=1S/C25H32N8/c1-17(15-32(3)27-2)18-7-5-8-19(11-18)24-29-14-22(21-13-30-33(4)16-21)25(31-24)28-12-20-9-6-10-23(20)26/h5,7-8,11,13-16,20,23H,2,6,9-10,12,26H2,1,3-4H3,(H,28,29,31)/b17-15+. The van der Waals surface area contributed by atoms with E-state index >= 15 is 0 Å². The Bertz CT molecular complexity index is 1150. The van der Waals surface area contributed by atoms with Crippen molar-refractivity contribution in [1.82, 2.24) is 24.8 Å². The van der Waals surface area contributed by atoms with Crippen molar-refractivity contribution in [2.24, 2.45) is 23.8 Å². The molecule has 2 unspecified atom stereocenters. The van der Waals surface area contributed by atoms with Gasteiger partial charge in [0.05, 0.1) is 6.20 Å². The average Bonchev–Trinajstić information content (AvgIpc) is 3.45. The lowest BCUT2D eigenvalue weighted by atomic mass is 10.0. The fourth-order valence-electron chi connectivity index (χ4n) is 4.27. The van der Waals surface area contributed by atoms with Crippen molar-refractivity contribution < 1.29 is 0 Å². The van der Waals surface area contributed by atoms with Crippen molar-refractivity contribution >= 4 is 18.1 Å². The molecule has 8 heteroatoms. The maximum atomic E-state index is 6.30. The van der Waals surface area contributed by atoms with Gasteiger partial charge in [-0.25, -0.2) is 9.97 Å². The van der Waals surface area contributed by atoms with E-state index in [-0.39, 0.29) is 6.04 Å². The highest BCUT2D eigenvalue weighted by Gasteiger charge is 2.24. The van der Waals surface area contributed by atoms with Gasteiger partial charge in [0.25, 0.3) is 0 Å². The summed E-state index contributed by atoms with van der Waals surface area (Å²) >= 11 is 0. The minimum absolute atomic E-state index is 0.246. The van der Waals surface area contributed by atoms with E-state index in [1.165, 1.54) is 6.42 Å². The molecule has 2 aromatic heterocycles. The molecule has 33 heavy (non-hydrogen) atoms. The number of rotatable bonds is 8. The molecule has 3 N–H and O–H groups in total. The predicted molar refractivity (Wildman–Crippen MR) is 134 cm³/mol. The molecule has 1 aliphatic rings. The number of nitrogens with one attached hydrogen (secondary N) is 1. The molecule has 1 fully saturated rings. The second-order valence-corrected chi connectivity index (χ2v) is 8.70. The SMILES string of the molecule is C=NN(C)/C=C(\C)c1cccc(-c2ncc(-c3cnn(C)c3)c(NCC3CCCC3N)n2)c1. The topological polar surface area (TPSA) is 97.2 Å². The van der Waals surface area contributed by atoms with Crippen molar-refractivity contribution in [1.29, 1.82) is 0 Å². The number of benzene rings is 1. The third-order valence-corrected chi connectivity index (χ3v) is 6.23. The first-order chi connectivity index (χ1) is 15.9. The Balaban J connectivity index is 1.67. The molecule has 4 rings (SSSR count). The molecule has 2 atom stereocenters. The van der Waals surface area contributed by atoms with Gasteiger partial charge in [0.2, 0.25) is 0 Å². The molecule has 0 spiro atoms. The molecule has 0 radical (unpaired) electrons. The fourth-order valence-corrected chi connectivity index (χ4v) is 4.27. The normalized spacial score (nSPS) is 18.4. The van der Waals surface area contributed by atoms with Gasteiger partial charge in [0, 0.05) is 68.7 Å². The van der Waals surface area contributed by atoms with E-state index in [1.54, 1.807) is 9.69 Å². The van der Waals surface area contributed by atoms with Crippen molar-refractivity contribution in [3.05, 3.63) is 54.6 Å². The summed E-state index contributed by atoms with van der Waals surface area (Å²) in [4.78, 5) is 9.63. The quantitative estimate of drug-likeness (QED) is 0.403. The molecule has 1 aliphatic carbocycles. The molecule has 1 saturated carbocycles. The van der Waals surface area contributed by atoms with Crippen molar-refractivity contribution in [3.8, 4) is 22.5 Å². The Morgan fingerprint density at radius 2 is 2.18 bits per heavy atom. The number of aryl methyl sites for hydroxylation is 1. The van der Waals surface area contributed by atoms with Gasteiger partial charge < -0.3 is 11.1 Å². The third kappa shape index (κ3) is 5.28. The lowest BCUT2D eigenvalue weighted by Gasteiger charge is -2.18. The van der Waals surface area contributed by atoms with Gasteiger partial charge in [0.15, 0.2) is 5.82 Å². The Kier molecular flexibility index (Phi) is 6.84. The summed E-state index contributed by atoms with van der Waals surface area (Å²) in [5.41, 5.74) is 11.3. The minimum atomic E-state index is 0.246. The number of hydrogen-bond acceptors (Lipinski definition) is 7. The van der Waals surface area contributed by atoms with Crippen LogP contribution in [0.4, 0.5) is 5.82 Å². The van der Waals surface area contributed by atoms with E-state index in [0.717, 1.165) is 53.0 Å². The van der Waals surface area contributed by atoms with Gasteiger partial charge in [-0.3, -0.25) is 9.69 Å². The van der Waals surface area contributed by atoms with Gasteiger partial charge in [0.1, 0.15) is 5.82 Å². The second kappa shape index (κ2) is 9.95. The van der Waals surface area contributed by atoms with Crippen LogP contribution in [0.15, 0.2) is 54.2 Å².